The summed E-state index contributed by atoms with van der Waals surface area (Å²) >= 11 is 5.76. The molecule has 0 bridgehead atoms. The Balaban J connectivity index is 1.72. The highest BCUT2D eigenvalue weighted by molar-refractivity contribution is 6.31. The molecule has 0 unspecified atom stereocenters. The fraction of sp³-hybridized carbons (Fsp3) is 0.143. The van der Waals surface area contributed by atoms with Crippen LogP contribution in [0.1, 0.15) is 18.7 Å². The van der Waals surface area contributed by atoms with Crippen molar-refractivity contribution in [2.24, 2.45) is 0 Å². The number of furan rings is 1. The molecule has 4 aromatic rings. The van der Waals surface area contributed by atoms with Crippen LogP contribution >= 0.6 is 11.6 Å². The van der Waals surface area contributed by atoms with Gasteiger partial charge < -0.3 is 14.3 Å². The molecular weight excluding hydrogens is 427 g/mol. The second-order valence-electron chi connectivity index (χ2n) is 6.79. The Morgan fingerprint density at radius 1 is 1.23 bits per heavy atom. The van der Waals surface area contributed by atoms with Gasteiger partial charge in [0.1, 0.15) is 17.6 Å². The summed E-state index contributed by atoms with van der Waals surface area (Å²) in [7, 11) is 0. The molecule has 0 spiro atoms. The molecule has 0 aliphatic carbocycles. The molecule has 0 saturated heterocycles. The first kappa shape index (κ1) is 20.5. The number of carbonyl (C=O) groups excluding carboxylic acids is 1. The number of carbonyl (C=O) groups is 1. The third-order valence-corrected chi connectivity index (χ3v) is 4.83. The molecule has 8 nitrogen and oxygen atoms in total. The number of benzene rings is 1. The topological polar surface area (TPSA) is 103 Å². The van der Waals surface area contributed by atoms with Gasteiger partial charge in [-0.25, -0.2) is 9.07 Å². The molecule has 3 aromatic heterocycles. The zero-order chi connectivity index (χ0) is 22.1. The third kappa shape index (κ3) is 4.13. The second kappa shape index (κ2) is 8.19. The van der Waals surface area contributed by atoms with Crippen LogP contribution in [0.15, 0.2) is 62.5 Å². The number of rotatable bonds is 5. The van der Waals surface area contributed by atoms with Crippen molar-refractivity contribution in [2.75, 3.05) is 5.32 Å². The summed E-state index contributed by atoms with van der Waals surface area (Å²) in [5, 5.41) is 10.7. The van der Waals surface area contributed by atoms with Crippen LogP contribution in [-0.4, -0.2) is 20.8 Å². The number of aryl methyl sites for hydroxylation is 1. The Morgan fingerprint density at radius 3 is 2.68 bits per heavy atom. The van der Waals surface area contributed by atoms with E-state index in [9.17, 15) is 14.0 Å². The van der Waals surface area contributed by atoms with E-state index in [-0.39, 0.29) is 10.7 Å². The summed E-state index contributed by atoms with van der Waals surface area (Å²) < 4.78 is 25.1. The molecule has 1 atom stereocenters. The van der Waals surface area contributed by atoms with E-state index in [1.165, 1.54) is 31.4 Å². The lowest BCUT2D eigenvalue weighted by Crippen LogP contribution is -2.33. The lowest BCUT2D eigenvalue weighted by atomic mass is 10.1. The number of nitrogens with one attached hydrogen (secondary N) is 1. The lowest BCUT2D eigenvalue weighted by molar-refractivity contribution is -0.119. The maximum Gasteiger partial charge on any atom is 0.268 e. The first-order chi connectivity index (χ1) is 14.8. The number of anilines is 1. The average molecular weight is 443 g/mol. The predicted octanol–water partition coefficient (Wildman–Crippen LogP) is 4.46. The van der Waals surface area contributed by atoms with Gasteiger partial charge in [-0.2, -0.15) is 5.10 Å². The van der Waals surface area contributed by atoms with Crippen LogP contribution in [0.3, 0.4) is 0 Å². The first-order valence-corrected chi connectivity index (χ1v) is 9.58. The Labute approximate surface area is 180 Å². The van der Waals surface area contributed by atoms with Crippen LogP contribution < -0.4 is 10.9 Å². The lowest BCUT2D eigenvalue weighted by Gasteiger charge is -2.16. The minimum absolute atomic E-state index is 0.132. The Morgan fingerprint density at radius 2 is 2.03 bits per heavy atom. The molecule has 10 heteroatoms. The molecule has 1 amide bonds. The van der Waals surface area contributed by atoms with Crippen molar-refractivity contribution in [1.82, 2.24) is 14.9 Å². The van der Waals surface area contributed by atoms with Crippen molar-refractivity contribution in [3.8, 4) is 22.8 Å². The van der Waals surface area contributed by atoms with E-state index in [0.29, 0.717) is 28.5 Å². The molecule has 1 N–H and O–H groups in total. The molecular formula is C21H16ClFN4O4. The maximum atomic E-state index is 13.3. The first-order valence-electron chi connectivity index (χ1n) is 9.21. The van der Waals surface area contributed by atoms with Crippen molar-refractivity contribution < 1.29 is 18.1 Å². The summed E-state index contributed by atoms with van der Waals surface area (Å²) in [4.78, 5) is 25.5. The summed E-state index contributed by atoms with van der Waals surface area (Å²) in [6, 6.07) is 9.12. The third-order valence-electron chi connectivity index (χ3n) is 4.54. The molecule has 1 aromatic carbocycles. The summed E-state index contributed by atoms with van der Waals surface area (Å²) in [6.07, 6.45) is 1.47. The zero-order valence-corrected chi connectivity index (χ0v) is 17.2. The highest BCUT2D eigenvalue weighted by atomic mass is 35.5. The van der Waals surface area contributed by atoms with Crippen LogP contribution in [0.4, 0.5) is 10.1 Å². The molecule has 3 heterocycles. The van der Waals surface area contributed by atoms with Gasteiger partial charge in [0.25, 0.3) is 5.56 Å². The van der Waals surface area contributed by atoms with Crippen molar-refractivity contribution in [3.05, 3.63) is 75.6 Å². The van der Waals surface area contributed by atoms with E-state index < -0.39 is 23.3 Å². The number of hydrogen-bond acceptors (Lipinski definition) is 6. The number of halogens is 2. The fourth-order valence-corrected chi connectivity index (χ4v) is 3.13. The van der Waals surface area contributed by atoms with Gasteiger partial charge in [-0.3, -0.25) is 9.59 Å². The Hall–Kier alpha value is -3.72. The van der Waals surface area contributed by atoms with Gasteiger partial charge in [0.2, 0.25) is 5.91 Å². The van der Waals surface area contributed by atoms with Gasteiger partial charge >= 0.3 is 0 Å². The van der Waals surface area contributed by atoms with Crippen molar-refractivity contribution in [3.63, 3.8) is 0 Å². The standard InChI is InChI=1S/C21H16ClFN4O4/c1-11-8-18(31-26-11)14-10-19(28)27(25-20(14)17-4-3-7-30-17)12(2)21(29)24-13-5-6-16(23)15(22)9-13/h3-10,12H,1-2H3,(H,24,29)/t12-/m1/s1. The Bertz CT molecular complexity index is 1310. The van der Waals surface area contributed by atoms with Crippen molar-refractivity contribution in [1.29, 1.82) is 0 Å². The molecule has 31 heavy (non-hydrogen) atoms. The van der Waals surface area contributed by atoms with Crippen LogP contribution in [-0.2, 0) is 4.79 Å². The molecule has 0 aliphatic rings. The van der Waals surface area contributed by atoms with Gasteiger partial charge in [0, 0.05) is 17.8 Å². The van der Waals surface area contributed by atoms with Crippen LogP contribution in [0, 0.1) is 12.7 Å². The van der Waals surface area contributed by atoms with Gasteiger partial charge in [0.05, 0.1) is 22.5 Å². The largest absolute Gasteiger partial charge is 0.463 e. The summed E-state index contributed by atoms with van der Waals surface area (Å²) in [6.45, 7) is 3.27. The van der Waals surface area contributed by atoms with E-state index >= 15 is 0 Å². The van der Waals surface area contributed by atoms with Gasteiger partial charge in [-0.05, 0) is 44.2 Å². The summed E-state index contributed by atoms with van der Waals surface area (Å²) in [5.41, 5.74) is 1.09. The SMILES string of the molecule is Cc1cc(-c2cc(=O)n([C@H](C)C(=O)Nc3ccc(F)c(Cl)c3)nc2-c2ccco2)on1. The van der Waals surface area contributed by atoms with E-state index in [1.54, 1.807) is 25.1 Å². The quantitative estimate of drug-likeness (QED) is 0.489. The second-order valence-corrected chi connectivity index (χ2v) is 7.20. The normalized spacial score (nSPS) is 12.0. The van der Waals surface area contributed by atoms with Crippen LogP contribution in [0.25, 0.3) is 22.8 Å². The molecule has 0 fully saturated rings. The smallest absolute Gasteiger partial charge is 0.268 e. The summed E-state index contributed by atoms with van der Waals surface area (Å²) in [5.74, 6) is -0.410. The molecule has 4 rings (SSSR count). The highest BCUT2D eigenvalue weighted by Crippen LogP contribution is 2.30. The van der Waals surface area contributed by atoms with E-state index in [4.69, 9.17) is 20.5 Å². The number of amides is 1. The average Bonchev–Trinajstić information content (AvgIpc) is 3.42. The molecule has 0 aliphatic heterocycles. The van der Waals surface area contributed by atoms with Crippen LogP contribution in [0.5, 0.6) is 0 Å². The molecule has 158 valence electrons. The van der Waals surface area contributed by atoms with Crippen LogP contribution in [0.2, 0.25) is 5.02 Å². The fourth-order valence-electron chi connectivity index (χ4n) is 2.95. The predicted molar refractivity (Wildman–Crippen MR) is 111 cm³/mol. The maximum absolute atomic E-state index is 13.3. The monoisotopic (exact) mass is 442 g/mol. The van der Waals surface area contributed by atoms with Gasteiger partial charge in [-0.1, -0.05) is 16.8 Å². The van der Waals surface area contributed by atoms with E-state index in [0.717, 1.165) is 10.7 Å². The Kier molecular flexibility index (Phi) is 5.43. The van der Waals surface area contributed by atoms with Crippen molar-refractivity contribution in [2.45, 2.75) is 19.9 Å². The van der Waals surface area contributed by atoms with Gasteiger partial charge in [0.15, 0.2) is 11.5 Å². The number of aromatic nitrogens is 3. The molecule has 0 radical (unpaired) electrons. The number of hydrogen-bond donors (Lipinski definition) is 1. The molecule has 0 saturated carbocycles. The minimum Gasteiger partial charge on any atom is -0.463 e. The minimum atomic E-state index is -0.990. The van der Waals surface area contributed by atoms with E-state index in [2.05, 4.69) is 15.6 Å². The van der Waals surface area contributed by atoms with Gasteiger partial charge in [-0.15, -0.1) is 0 Å². The van der Waals surface area contributed by atoms with Crippen molar-refractivity contribution >= 4 is 23.2 Å². The zero-order valence-electron chi connectivity index (χ0n) is 16.4. The highest BCUT2D eigenvalue weighted by Gasteiger charge is 2.23. The van der Waals surface area contributed by atoms with E-state index in [1.807, 2.05) is 0 Å². The number of nitrogens with zero attached hydrogens (tertiary/aromatic N) is 3.